The van der Waals surface area contributed by atoms with E-state index in [4.69, 9.17) is 24.5 Å². The van der Waals surface area contributed by atoms with Gasteiger partial charge in [0.2, 0.25) is 0 Å². The van der Waals surface area contributed by atoms with Gasteiger partial charge in [0.1, 0.15) is 11.8 Å². The van der Waals surface area contributed by atoms with Gasteiger partial charge in [-0.05, 0) is 27.2 Å². The number of hydrogen-bond donors (Lipinski definition) is 3. The van der Waals surface area contributed by atoms with E-state index in [1.165, 1.54) is 4.90 Å². The number of carboxylic acids is 2. The molecule has 1 atom stereocenters. The third-order valence-electron chi connectivity index (χ3n) is 3.43. The summed E-state index contributed by atoms with van der Waals surface area (Å²) in [5.41, 5.74) is -0.583. The lowest BCUT2D eigenvalue weighted by Crippen LogP contribution is -2.64. The van der Waals surface area contributed by atoms with Gasteiger partial charge in [-0.1, -0.05) is 0 Å². The third-order valence-corrected chi connectivity index (χ3v) is 3.43. The van der Waals surface area contributed by atoms with E-state index < -0.39 is 29.8 Å². The van der Waals surface area contributed by atoms with Gasteiger partial charge in [0.05, 0.1) is 6.54 Å². The summed E-state index contributed by atoms with van der Waals surface area (Å²) in [6.45, 7) is 7.83. The SMILES string of the molecule is CC(C)(C)OC(=O)N1CC(F)CC2(CNC2)C1.O=C(O)C(=O)O. The molecule has 0 bridgehead atoms. The van der Waals surface area contributed by atoms with Crippen molar-refractivity contribution in [2.45, 2.75) is 39.0 Å². The normalized spacial score (nSPS) is 22.4. The maximum absolute atomic E-state index is 13.7. The molecule has 9 heteroatoms. The first-order chi connectivity index (χ1) is 10.4. The minimum absolute atomic E-state index is 0.0609. The van der Waals surface area contributed by atoms with Crippen LogP contribution in [0.25, 0.3) is 0 Å². The van der Waals surface area contributed by atoms with Gasteiger partial charge in [-0.3, -0.25) is 0 Å². The monoisotopic (exact) mass is 334 g/mol. The largest absolute Gasteiger partial charge is 0.473 e. The van der Waals surface area contributed by atoms with E-state index >= 15 is 0 Å². The van der Waals surface area contributed by atoms with Crippen molar-refractivity contribution in [2.24, 2.45) is 5.41 Å². The molecule has 2 aliphatic rings. The number of ether oxygens (including phenoxy) is 1. The molecule has 1 spiro atoms. The maximum Gasteiger partial charge on any atom is 0.414 e. The lowest BCUT2D eigenvalue weighted by atomic mass is 9.74. The average Bonchev–Trinajstić information content (AvgIpc) is 2.34. The molecule has 2 fully saturated rings. The molecule has 2 saturated heterocycles. The molecule has 0 radical (unpaired) electrons. The van der Waals surface area contributed by atoms with Crippen molar-refractivity contribution in [1.29, 1.82) is 0 Å². The summed E-state index contributed by atoms with van der Waals surface area (Å²) in [4.78, 5) is 31.6. The van der Waals surface area contributed by atoms with Gasteiger partial charge in [0, 0.05) is 25.0 Å². The van der Waals surface area contributed by atoms with Crippen molar-refractivity contribution in [1.82, 2.24) is 10.2 Å². The van der Waals surface area contributed by atoms with E-state index in [9.17, 15) is 9.18 Å². The summed E-state index contributed by atoms with van der Waals surface area (Å²) >= 11 is 0. The van der Waals surface area contributed by atoms with Crippen LogP contribution in [0.3, 0.4) is 0 Å². The molecule has 0 saturated carbocycles. The number of likely N-dealkylation sites (tertiary alicyclic amines) is 1. The number of carbonyl (C=O) groups is 3. The van der Waals surface area contributed by atoms with Crippen molar-refractivity contribution in [2.75, 3.05) is 26.2 Å². The number of carboxylic acid groups (broad SMARTS) is 2. The van der Waals surface area contributed by atoms with Crippen LogP contribution in [0.4, 0.5) is 9.18 Å². The molecular weight excluding hydrogens is 311 g/mol. The van der Waals surface area contributed by atoms with Crippen LogP contribution in [0.15, 0.2) is 0 Å². The van der Waals surface area contributed by atoms with Crippen LogP contribution in [-0.2, 0) is 14.3 Å². The summed E-state index contributed by atoms with van der Waals surface area (Å²) in [6, 6.07) is 0. The number of aliphatic carboxylic acids is 2. The maximum atomic E-state index is 13.7. The van der Waals surface area contributed by atoms with Crippen molar-refractivity contribution >= 4 is 18.0 Å². The zero-order valence-corrected chi connectivity index (χ0v) is 13.5. The predicted molar refractivity (Wildman–Crippen MR) is 77.9 cm³/mol. The van der Waals surface area contributed by atoms with Gasteiger partial charge >= 0.3 is 18.0 Å². The van der Waals surface area contributed by atoms with E-state index in [1.54, 1.807) is 0 Å². The summed E-state index contributed by atoms with van der Waals surface area (Å²) in [5, 5.41) is 17.9. The molecule has 0 aromatic heterocycles. The lowest BCUT2D eigenvalue weighted by Gasteiger charge is -2.50. The molecule has 3 N–H and O–H groups in total. The molecule has 23 heavy (non-hydrogen) atoms. The number of hydrogen-bond acceptors (Lipinski definition) is 5. The van der Waals surface area contributed by atoms with Crippen molar-refractivity contribution in [3.05, 3.63) is 0 Å². The Morgan fingerprint density at radius 1 is 1.22 bits per heavy atom. The molecule has 1 amide bonds. The van der Waals surface area contributed by atoms with Crippen molar-refractivity contribution in [3.8, 4) is 0 Å². The van der Waals surface area contributed by atoms with Gasteiger partial charge in [0.15, 0.2) is 0 Å². The topological polar surface area (TPSA) is 116 Å². The number of piperidine rings is 1. The third kappa shape index (κ3) is 6.01. The van der Waals surface area contributed by atoms with Crippen LogP contribution in [0.1, 0.15) is 27.2 Å². The smallest absolute Gasteiger partial charge is 0.414 e. The second-order valence-electron chi connectivity index (χ2n) is 6.88. The molecule has 8 nitrogen and oxygen atoms in total. The molecule has 0 aromatic carbocycles. The first kappa shape index (κ1) is 19.1. The van der Waals surface area contributed by atoms with Gasteiger partial charge in [-0.15, -0.1) is 0 Å². The summed E-state index contributed by atoms with van der Waals surface area (Å²) in [5.74, 6) is -3.65. The van der Waals surface area contributed by atoms with E-state index in [2.05, 4.69) is 5.32 Å². The minimum Gasteiger partial charge on any atom is -0.473 e. The molecule has 0 aliphatic carbocycles. The molecular formula is C14H23FN2O6. The van der Waals surface area contributed by atoms with E-state index in [0.29, 0.717) is 13.0 Å². The predicted octanol–water partition coefficient (Wildman–Crippen LogP) is 0.711. The van der Waals surface area contributed by atoms with Crippen LogP contribution in [0, 0.1) is 5.41 Å². The zero-order chi connectivity index (χ0) is 17.8. The molecule has 1 unspecified atom stereocenters. The van der Waals surface area contributed by atoms with Gasteiger partial charge < -0.3 is 25.2 Å². The Morgan fingerprint density at radius 3 is 2.09 bits per heavy atom. The van der Waals surface area contributed by atoms with Crippen LogP contribution in [-0.4, -0.2) is 71.1 Å². The first-order valence-electron chi connectivity index (χ1n) is 7.23. The summed E-state index contributed by atoms with van der Waals surface area (Å²) in [6.07, 6.45) is -0.774. The fraction of sp³-hybridized carbons (Fsp3) is 0.786. The van der Waals surface area contributed by atoms with E-state index in [1.807, 2.05) is 20.8 Å². The number of carbonyl (C=O) groups excluding carboxylic acids is 1. The Kier molecular flexibility index (Phi) is 5.92. The Morgan fingerprint density at radius 2 is 1.74 bits per heavy atom. The number of nitrogens with one attached hydrogen (secondary N) is 1. The lowest BCUT2D eigenvalue weighted by molar-refractivity contribution is -0.159. The fourth-order valence-electron chi connectivity index (χ4n) is 2.51. The van der Waals surface area contributed by atoms with E-state index in [-0.39, 0.29) is 12.0 Å². The number of rotatable bonds is 0. The van der Waals surface area contributed by atoms with Crippen molar-refractivity contribution < 1.29 is 33.7 Å². The number of halogens is 1. The second kappa shape index (κ2) is 7.12. The van der Waals surface area contributed by atoms with Crippen LogP contribution >= 0.6 is 0 Å². The van der Waals surface area contributed by atoms with Gasteiger partial charge in [-0.2, -0.15) is 0 Å². The quantitative estimate of drug-likeness (QED) is 0.559. The Hall–Kier alpha value is -1.90. The highest BCUT2D eigenvalue weighted by Gasteiger charge is 2.46. The second-order valence-corrected chi connectivity index (χ2v) is 6.88. The minimum atomic E-state index is -1.82. The fourth-order valence-corrected chi connectivity index (χ4v) is 2.51. The summed E-state index contributed by atoms with van der Waals surface area (Å²) < 4.78 is 19.0. The molecule has 2 heterocycles. The highest BCUT2D eigenvalue weighted by molar-refractivity contribution is 6.27. The highest BCUT2D eigenvalue weighted by atomic mass is 19.1. The van der Waals surface area contributed by atoms with Gasteiger partial charge in [0.25, 0.3) is 0 Å². The number of nitrogens with zero attached hydrogens (tertiary/aromatic N) is 1. The van der Waals surface area contributed by atoms with Gasteiger partial charge in [-0.25, -0.2) is 18.8 Å². The zero-order valence-electron chi connectivity index (χ0n) is 13.5. The van der Waals surface area contributed by atoms with Crippen LogP contribution in [0.2, 0.25) is 0 Å². The highest BCUT2D eigenvalue weighted by Crippen LogP contribution is 2.35. The molecule has 2 aliphatic heterocycles. The number of amides is 1. The number of alkyl halides is 1. The average molecular weight is 334 g/mol. The standard InChI is InChI=1S/C12H21FN2O2.C2H2O4/c1-11(2,3)17-10(16)15-5-9(13)4-12(8-15)6-14-7-12;3-1(4)2(5)6/h9,14H,4-8H2,1-3H3;(H,3,4)(H,5,6). The Labute approximate surface area is 133 Å². The molecule has 2 rings (SSSR count). The van der Waals surface area contributed by atoms with E-state index in [0.717, 1.165) is 13.1 Å². The van der Waals surface area contributed by atoms with Crippen molar-refractivity contribution in [3.63, 3.8) is 0 Å². The van der Waals surface area contributed by atoms with Crippen LogP contribution in [0.5, 0.6) is 0 Å². The molecule has 0 aromatic rings. The van der Waals surface area contributed by atoms with Crippen LogP contribution < -0.4 is 5.32 Å². The summed E-state index contributed by atoms with van der Waals surface area (Å²) in [7, 11) is 0. The Balaban J connectivity index is 0.000000379. The Bertz CT molecular complexity index is 460. The first-order valence-corrected chi connectivity index (χ1v) is 7.23. The molecule has 132 valence electrons.